The summed E-state index contributed by atoms with van der Waals surface area (Å²) >= 11 is 1.08. The quantitative estimate of drug-likeness (QED) is 0.355. The van der Waals surface area contributed by atoms with E-state index in [2.05, 4.69) is 41.0 Å². The van der Waals surface area contributed by atoms with Crippen molar-refractivity contribution in [1.82, 2.24) is 15.0 Å². The average Bonchev–Trinajstić information content (AvgIpc) is 2.70. The van der Waals surface area contributed by atoms with E-state index in [1.807, 2.05) is 24.3 Å². The van der Waals surface area contributed by atoms with Crippen LogP contribution in [-0.4, -0.2) is 39.7 Å². The number of carbonyl (C=O) groups excluding carboxylic acids is 2. The number of fused-ring (bicyclic) bond motifs is 1. The van der Waals surface area contributed by atoms with Gasteiger partial charge in [0.25, 0.3) is 5.56 Å². The zero-order chi connectivity index (χ0) is 22.8. The molecule has 0 saturated heterocycles. The van der Waals surface area contributed by atoms with Crippen molar-refractivity contribution in [3.63, 3.8) is 0 Å². The smallest absolute Gasteiger partial charge is 0.338 e. The van der Waals surface area contributed by atoms with E-state index in [-0.39, 0.29) is 38.8 Å². The number of esters is 1. The number of anilines is 1. The Morgan fingerprint density at radius 3 is 2.45 bits per heavy atom. The lowest BCUT2D eigenvalue weighted by Gasteiger charge is -2.19. The number of nitrogens with zero attached hydrogens (tertiary/aromatic N) is 2. The molecule has 0 aliphatic heterocycles. The van der Waals surface area contributed by atoms with Crippen LogP contribution >= 0.6 is 11.8 Å². The number of pyridine rings is 1. The van der Waals surface area contributed by atoms with Gasteiger partial charge in [-0.1, -0.05) is 44.7 Å². The fourth-order valence-electron chi connectivity index (χ4n) is 2.97. The summed E-state index contributed by atoms with van der Waals surface area (Å²) in [6.07, 6.45) is 0. The summed E-state index contributed by atoms with van der Waals surface area (Å²) in [6.45, 7) is 8.07. The molecule has 2 N–H and O–H groups in total. The first-order chi connectivity index (χ1) is 14.6. The van der Waals surface area contributed by atoms with Gasteiger partial charge in [-0.25, -0.2) is 14.8 Å². The number of nitrogens with one attached hydrogen (secondary N) is 2. The summed E-state index contributed by atoms with van der Waals surface area (Å²) in [5.74, 6) is -0.825. The number of hydrogen-bond donors (Lipinski definition) is 2. The number of H-pyrrole nitrogens is 1. The summed E-state index contributed by atoms with van der Waals surface area (Å²) in [6, 6.07) is 9.17. The van der Waals surface area contributed by atoms with E-state index in [4.69, 9.17) is 4.74 Å². The maximum Gasteiger partial charge on any atom is 0.338 e. The Bertz CT molecular complexity index is 1200. The van der Waals surface area contributed by atoms with Crippen LogP contribution < -0.4 is 10.9 Å². The van der Waals surface area contributed by atoms with Crippen molar-refractivity contribution in [2.75, 3.05) is 18.2 Å². The predicted octanol–water partition coefficient (Wildman–Crippen LogP) is 3.44. The minimum absolute atomic E-state index is 0.0339. The van der Waals surface area contributed by atoms with Crippen LogP contribution in [-0.2, 0) is 14.9 Å². The zero-order valence-corrected chi connectivity index (χ0v) is 18.8. The van der Waals surface area contributed by atoms with Gasteiger partial charge in [-0.3, -0.25) is 9.59 Å². The molecular formula is C22H24N4O4S. The molecule has 0 saturated carbocycles. The van der Waals surface area contributed by atoms with Crippen molar-refractivity contribution in [3.8, 4) is 0 Å². The molecule has 3 aromatic rings. The van der Waals surface area contributed by atoms with Crippen LogP contribution in [0.5, 0.6) is 0 Å². The van der Waals surface area contributed by atoms with Crippen LogP contribution in [0.3, 0.4) is 0 Å². The maximum atomic E-state index is 12.5. The Hall–Kier alpha value is -3.20. The van der Waals surface area contributed by atoms with Crippen LogP contribution in [0.25, 0.3) is 11.0 Å². The Labute approximate surface area is 183 Å². The number of thioether (sulfide) groups is 1. The van der Waals surface area contributed by atoms with E-state index in [1.165, 1.54) is 18.7 Å². The van der Waals surface area contributed by atoms with Crippen molar-refractivity contribution in [1.29, 1.82) is 0 Å². The standard InChI is InChI=1S/C22H24N4O4S/c1-12-10-15(20(29)30-5)17-18(23-12)25-21(26-19(17)28)31-11-16(27)24-14-8-6-13(7-9-14)22(2,3)4/h6-10H,11H2,1-5H3,(H,24,27)(H,23,25,26,28). The van der Waals surface area contributed by atoms with Crippen LogP contribution in [0.2, 0.25) is 0 Å². The number of methoxy groups -OCH3 is 1. The van der Waals surface area contributed by atoms with E-state index >= 15 is 0 Å². The molecule has 2 aromatic heterocycles. The van der Waals surface area contributed by atoms with Crippen LogP contribution in [0.4, 0.5) is 5.69 Å². The molecule has 0 aliphatic carbocycles. The summed E-state index contributed by atoms with van der Waals surface area (Å²) in [4.78, 5) is 48.0. The van der Waals surface area contributed by atoms with Gasteiger partial charge >= 0.3 is 5.97 Å². The molecule has 0 spiro atoms. The molecule has 8 nitrogen and oxygen atoms in total. The molecule has 0 unspecified atom stereocenters. The summed E-state index contributed by atoms with van der Waals surface area (Å²) in [7, 11) is 1.24. The largest absolute Gasteiger partial charge is 0.465 e. The second-order valence-corrected chi connectivity index (χ2v) is 9.00. The maximum absolute atomic E-state index is 12.5. The molecular weight excluding hydrogens is 416 g/mol. The number of hydrogen-bond acceptors (Lipinski definition) is 7. The van der Waals surface area contributed by atoms with Crippen molar-refractivity contribution in [3.05, 3.63) is 57.5 Å². The monoisotopic (exact) mass is 440 g/mol. The first kappa shape index (κ1) is 22.5. The molecule has 2 heterocycles. The minimum atomic E-state index is -0.639. The van der Waals surface area contributed by atoms with E-state index < -0.39 is 11.5 Å². The number of aryl methyl sites for hydroxylation is 1. The molecule has 9 heteroatoms. The highest BCUT2D eigenvalue weighted by atomic mass is 32.2. The molecule has 0 aliphatic rings. The molecule has 31 heavy (non-hydrogen) atoms. The lowest BCUT2D eigenvalue weighted by Crippen LogP contribution is -2.18. The lowest BCUT2D eigenvalue weighted by molar-refractivity contribution is -0.113. The third-order valence-corrected chi connectivity index (χ3v) is 5.44. The van der Waals surface area contributed by atoms with Gasteiger partial charge in [0.2, 0.25) is 5.91 Å². The molecule has 0 radical (unpaired) electrons. The van der Waals surface area contributed by atoms with Gasteiger partial charge in [-0.15, -0.1) is 0 Å². The van der Waals surface area contributed by atoms with E-state index in [0.29, 0.717) is 11.4 Å². The highest BCUT2D eigenvalue weighted by Gasteiger charge is 2.18. The highest BCUT2D eigenvalue weighted by Crippen LogP contribution is 2.24. The first-order valence-corrected chi connectivity index (χ1v) is 10.6. The van der Waals surface area contributed by atoms with Crippen molar-refractivity contribution >= 4 is 40.4 Å². The van der Waals surface area contributed by atoms with Crippen molar-refractivity contribution in [2.24, 2.45) is 0 Å². The molecule has 1 amide bonds. The van der Waals surface area contributed by atoms with E-state index in [1.54, 1.807) is 6.92 Å². The molecule has 162 valence electrons. The van der Waals surface area contributed by atoms with Crippen molar-refractivity contribution in [2.45, 2.75) is 38.3 Å². The summed E-state index contributed by atoms with van der Waals surface area (Å²) in [5, 5.41) is 3.13. The molecule has 0 atom stereocenters. The second-order valence-electron chi connectivity index (χ2n) is 8.04. The average molecular weight is 441 g/mol. The fraction of sp³-hybridized carbons (Fsp3) is 0.318. The summed E-state index contributed by atoms with van der Waals surface area (Å²) in [5.41, 5.74) is 2.14. The van der Waals surface area contributed by atoms with Gasteiger partial charge < -0.3 is 15.0 Å². The Balaban J connectivity index is 1.74. The van der Waals surface area contributed by atoms with E-state index in [0.717, 1.165) is 11.8 Å². The second kappa shape index (κ2) is 8.89. The lowest BCUT2D eigenvalue weighted by atomic mass is 9.87. The number of rotatable bonds is 5. The number of aromatic nitrogens is 3. The van der Waals surface area contributed by atoms with Gasteiger partial charge in [0.05, 0.1) is 23.8 Å². The van der Waals surface area contributed by atoms with Gasteiger partial charge in [0.1, 0.15) is 0 Å². The zero-order valence-electron chi connectivity index (χ0n) is 18.0. The number of aromatic amines is 1. The SMILES string of the molecule is COC(=O)c1cc(C)nc2nc(SCC(=O)Nc3ccc(C(C)(C)C)cc3)[nH]c(=O)c12. The minimum Gasteiger partial charge on any atom is -0.465 e. The van der Waals surface area contributed by atoms with Gasteiger partial charge in [-0.2, -0.15) is 0 Å². The van der Waals surface area contributed by atoms with Crippen molar-refractivity contribution < 1.29 is 14.3 Å². The van der Waals surface area contributed by atoms with Gasteiger partial charge in [-0.05, 0) is 36.1 Å². The Morgan fingerprint density at radius 1 is 1.16 bits per heavy atom. The number of carbonyl (C=O) groups is 2. The fourth-order valence-corrected chi connectivity index (χ4v) is 3.62. The third kappa shape index (κ3) is 5.29. The predicted molar refractivity (Wildman–Crippen MR) is 121 cm³/mol. The van der Waals surface area contributed by atoms with Gasteiger partial charge in [0.15, 0.2) is 10.8 Å². The first-order valence-electron chi connectivity index (χ1n) is 9.61. The highest BCUT2D eigenvalue weighted by molar-refractivity contribution is 7.99. The summed E-state index contributed by atoms with van der Waals surface area (Å²) < 4.78 is 4.74. The van der Waals surface area contributed by atoms with Crippen LogP contribution in [0.15, 0.2) is 40.3 Å². The Morgan fingerprint density at radius 2 is 1.84 bits per heavy atom. The molecule has 0 bridgehead atoms. The number of amides is 1. The number of benzene rings is 1. The topological polar surface area (TPSA) is 114 Å². The Kier molecular flexibility index (Phi) is 6.45. The van der Waals surface area contributed by atoms with E-state index in [9.17, 15) is 14.4 Å². The van der Waals surface area contributed by atoms with Crippen LogP contribution in [0, 0.1) is 6.92 Å². The molecule has 3 rings (SSSR count). The van der Waals surface area contributed by atoms with Crippen LogP contribution in [0.1, 0.15) is 42.4 Å². The molecule has 0 fully saturated rings. The normalized spacial score (nSPS) is 11.4. The van der Waals surface area contributed by atoms with Gasteiger partial charge in [0, 0.05) is 11.4 Å². The third-order valence-electron chi connectivity index (χ3n) is 4.56. The molecule has 1 aromatic carbocycles. The number of ether oxygens (including phenoxy) is 1.